The summed E-state index contributed by atoms with van der Waals surface area (Å²) in [4.78, 5) is 16.4. The van der Waals surface area contributed by atoms with Gasteiger partial charge in [0.25, 0.3) is 0 Å². The van der Waals surface area contributed by atoms with Gasteiger partial charge in [-0.25, -0.2) is 4.98 Å². The van der Waals surface area contributed by atoms with Gasteiger partial charge in [-0.1, -0.05) is 141 Å². The number of aromatic nitrogens is 2. The van der Waals surface area contributed by atoms with Gasteiger partial charge in [0.05, 0.1) is 12.0 Å². The maximum atomic E-state index is 12.6. The van der Waals surface area contributed by atoms with Crippen LogP contribution in [0, 0.1) is 5.92 Å². The molecule has 0 amide bonds. The van der Waals surface area contributed by atoms with Gasteiger partial charge in [0, 0.05) is 11.8 Å². The average molecular weight is 563 g/mol. The molecule has 0 aliphatic rings. The molecule has 4 heteroatoms. The second kappa shape index (κ2) is 11.7. The first-order valence-electron chi connectivity index (χ1n) is 14.6. The fourth-order valence-corrected chi connectivity index (χ4v) is 6.19. The van der Waals surface area contributed by atoms with Gasteiger partial charge in [0.15, 0.2) is 0 Å². The molecule has 0 spiro atoms. The summed E-state index contributed by atoms with van der Waals surface area (Å²) in [6.07, 6.45) is 4.68. The third-order valence-electron chi connectivity index (χ3n) is 8.43. The molecular formula is C39H34N2O2. The lowest BCUT2D eigenvalue weighted by atomic mass is 9.76. The Morgan fingerprint density at radius 1 is 0.651 bits per heavy atom. The number of aliphatic hydroxyl groups is 1. The molecule has 212 valence electrons. The van der Waals surface area contributed by atoms with Crippen LogP contribution in [0.15, 0.2) is 152 Å². The molecule has 1 atom stereocenters. The number of hydrogen-bond donors (Lipinski definition) is 1. The van der Waals surface area contributed by atoms with Gasteiger partial charge in [0.2, 0.25) is 0 Å². The average Bonchev–Trinajstić information content (AvgIpc) is 3.57. The van der Waals surface area contributed by atoms with Crippen molar-refractivity contribution in [1.82, 2.24) is 9.55 Å². The Morgan fingerprint density at radius 2 is 1.14 bits per heavy atom. The van der Waals surface area contributed by atoms with Crippen LogP contribution in [0.5, 0.6) is 0 Å². The van der Waals surface area contributed by atoms with Crippen LogP contribution in [0.3, 0.4) is 0 Å². The normalized spacial score (nSPS) is 13.0. The van der Waals surface area contributed by atoms with Crippen LogP contribution < -0.4 is 0 Å². The van der Waals surface area contributed by atoms with Gasteiger partial charge < -0.3 is 9.67 Å². The maximum Gasteiger partial charge on any atom is 0.150 e. The highest BCUT2D eigenvalue weighted by Crippen LogP contribution is 2.43. The number of imidazole rings is 1. The van der Waals surface area contributed by atoms with Crippen LogP contribution in [0.4, 0.5) is 0 Å². The van der Waals surface area contributed by atoms with Crippen molar-refractivity contribution in [2.45, 2.75) is 25.0 Å². The summed E-state index contributed by atoms with van der Waals surface area (Å²) in [5.74, 6) is -0.188. The third kappa shape index (κ3) is 4.90. The van der Waals surface area contributed by atoms with E-state index >= 15 is 0 Å². The molecule has 0 saturated heterocycles. The lowest BCUT2D eigenvalue weighted by Gasteiger charge is -2.37. The van der Waals surface area contributed by atoms with Gasteiger partial charge in [-0.05, 0) is 51.4 Å². The fourth-order valence-electron chi connectivity index (χ4n) is 6.19. The highest BCUT2D eigenvalue weighted by molar-refractivity contribution is 5.79. The molecule has 0 aliphatic heterocycles. The SMILES string of the molecule is CC(C)C(O)(c1cccc(-c2cccc(C=O)c2)c1)c1cn(C(c2ccccc2)(c2ccccc2)c2ccccc2)cn1. The van der Waals surface area contributed by atoms with Gasteiger partial charge in [-0.2, -0.15) is 0 Å². The van der Waals surface area contributed by atoms with E-state index in [1.165, 1.54) is 0 Å². The Balaban J connectivity index is 1.55. The number of benzene rings is 5. The zero-order valence-electron chi connectivity index (χ0n) is 24.3. The van der Waals surface area contributed by atoms with Gasteiger partial charge >= 0.3 is 0 Å². The molecule has 5 aromatic carbocycles. The fraction of sp³-hybridized carbons (Fsp3) is 0.128. The molecule has 0 fully saturated rings. The third-order valence-corrected chi connectivity index (χ3v) is 8.43. The molecule has 1 heterocycles. The van der Waals surface area contributed by atoms with Crippen molar-refractivity contribution in [1.29, 1.82) is 0 Å². The highest BCUT2D eigenvalue weighted by atomic mass is 16.3. The molecule has 6 aromatic rings. The first kappa shape index (κ1) is 28.1. The summed E-state index contributed by atoms with van der Waals surface area (Å²) in [6.45, 7) is 4.02. The Kier molecular flexibility index (Phi) is 7.62. The Hall–Kier alpha value is -5.06. The van der Waals surface area contributed by atoms with E-state index in [4.69, 9.17) is 4.98 Å². The molecule has 6 rings (SSSR count). The maximum absolute atomic E-state index is 12.6. The molecular weight excluding hydrogens is 528 g/mol. The van der Waals surface area contributed by atoms with E-state index in [2.05, 4.69) is 77.4 Å². The van der Waals surface area contributed by atoms with Crippen LogP contribution in [0.2, 0.25) is 0 Å². The minimum absolute atomic E-state index is 0.188. The molecule has 1 aromatic heterocycles. The molecule has 4 nitrogen and oxygen atoms in total. The summed E-state index contributed by atoms with van der Waals surface area (Å²) in [6, 6.07) is 46.7. The van der Waals surface area contributed by atoms with E-state index in [0.717, 1.165) is 39.7 Å². The molecule has 0 aliphatic carbocycles. The summed E-state index contributed by atoms with van der Waals surface area (Å²) in [7, 11) is 0. The van der Waals surface area contributed by atoms with E-state index < -0.39 is 11.1 Å². The van der Waals surface area contributed by atoms with Crippen LogP contribution in [-0.4, -0.2) is 20.9 Å². The minimum Gasteiger partial charge on any atom is -0.378 e. The number of aldehydes is 1. The first-order chi connectivity index (χ1) is 21.0. The summed E-state index contributed by atoms with van der Waals surface area (Å²) in [5.41, 5.74) is 4.90. The van der Waals surface area contributed by atoms with Crippen molar-refractivity contribution in [3.05, 3.63) is 186 Å². The lowest BCUT2D eigenvalue weighted by molar-refractivity contribution is 0.0278. The van der Waals surface area contributed by atoms with Crippen molar-refractivity contribution in [2.24, 2.45) is 5.92 Å². The smallest absolute Gasteiger partial charge is 0.150 e. The summed E-state index contributed by atoms with van der Waals surface area (Å²) < 4.78 is 2.13. The van der Waals surface area contributed by atoms with Gasteiger partial charge in [-0.15, -0.1) is 0 Å². The van der Waals surface area contributed by atoms with Gasteiger partial charge in [-0.3, -0.25) is 4.79 Å². The van der Waals surface area contributed by atoms with E-state index in [9.17, 15) is 9.90 Å². The standard InChI is InChI=1S/C39H34N2O2/c1-29(2)39(43,36-23-13-16-32(25-36)31-15-12-14-30(24-31)27-42)37-26-41(28-40-37)38(33-17-6-3-7-18-33,34-19-8-4-9-20-34)35-21-10-5-11-22-35/h3-29,43H,1-2H3. The second-order valence-corrected chi connectivity index (χ2v) is 11.2. The zero-order chi connectivity index (χ0) is 29.9. The van der Waals surface area contributed by atoms with E-state index in [0.29, 0.717) is 11.3 Å². The highest BCUT2D eigenvalue weighted by Gasteiger charge is 2.42. The molecule has 0 radical (unpaired) electrons. The van der Waals surface area contributed by atoms with Gasteiger partial charge in [0.1, 0.15) is 17.4 Å². The van der Waals surface area contributed by atoms with Crippen molar-refractivity contribution in [2.75, 3.05) is 0 Å². The number of rotatable bonds is 9. The predicted molar refractivity (Wildman–Crippen MR) is 172 cm³/mol. The van der Waals surface area contributed by atoms with Crippen molar-refractivity contribution in [3.63, 3.8) is 0 Å². The molecule has 1 N–H and O–H groups in total. The number of carbonyl (C=O) groups is 1. The first-order valence-corrected chi connectivity index (χ1v) is 14.6. The molecule has 1 unspecified atom stereocenters. The zero-order valence-corrected chi connectivity index (χ0v) is 24.3. The van der Waals surface area contributed by atoms with Crippen LogP contribution in [-0.2, 0) is 11.1 Å². The van der Waals surface area contributed by atoms with Crippen molar-refractivity contribution in [3.8, 4) is 11.1 Å². The quantitative estimate of drug-likeness (QED) is 0.143. The number of nitrogens with zero attached hydrogens (tertiary/aromatic N) is 2. The Labute approximate surface area is 253 Å². The Morgan fingerprint density at radius 3 is 1.65 bits per heavy atom. The molecule has 0 saturated carbocycles. The number of carbonyl (C=O) groups excluding carboxylic acids is 1. The van der Waals surface area contributed by atoms with E-state index in [1.54, 1.807) is 6.07 Å². The Bertz CT molecular complexity index is 1730. The minimum atomic E-state index is -1.38. The van der Waals surface area contributed by atoms with Crippen molar-refractivity contribution < 1.29 is 9.90 Å². The second-order valence-electron chi connectivity index (χ2n) is 11.2. The van der Waals surface area contributed by atoms with E-state index in [1.807, 2.05) is 87.0 Å². The van der Waals surface area contributed by atoms with Crippen LogP contribution in [0.1, 0.15) is 52.2 Å². The summed E-state index contributed by atoms with van der Waals surface area (Å²) in [5, 5.41) is 12.6. The van der Waals surface area contributed by atoms with Crippen LogP contribution in [0.25, 0.3) is 11.1 Å². The number of hydrogen-bond acceptors (Lipinski definition) is 3. The van der Waals surface area contributed by atoms with Crippen molar-refractivity contribution >= 4 is 6.29 Å². The molecule has 0 bridgehead atoms. The summed E-state index contributed by atoms with van der Waals surface area (Å²) >= 11 is 0. The predicted octanol–water partition coefficient (Wildman–Crippen LogP) is 8.09. The topological polar surface area (TPSA) is 55.1 Å². The van der Waals surface area contributed by atoms with Crippen LogP contribution >= 0.6 is 0 Å². The lowest BCUT2D eigenvalue weighted by Crippen LogP contribution is -2.37. The largest absolute Gasteiger partial charge is 0.378 e. The van der Waals surface area contributed by atoms with E-state index in [-0.39, 0.29) is 5.92 Å². The molecule has 43 heavy (non-hydrogen) atoms. The monoisotopic (exact) mass is 562 g/mol.